The standard InChI is InChI=1S/C17H15Cl3O/c1-9-6-14(10-2-4-11(18)5-3-10)17(21)16-13(9)7-12(19)8-15(16)20/h2-5,7-9,14,17,21H,6H2,1H3/t9-,14+,17-/m1/s1. The first-order chi connectivity index (χ1) is 9.97. The fourth-order valence-corrected chi connectivity index (χ4v) is 3.94. The summed E-state index contributed by atoms with van der Waals surface area (Å²) in [6.45, 7) is 2.14. The molecule has 21 heavy (non-hydrogen) atoms. The Balaban J connectivity index is 2.06. The van der Waals surface area contributed by atoms with Crippen LogP contribution in [-0.4, -0.2) is 5.11 Å². The zero-order valence-electron chi connectivity index (χ0n) is 11.5. The molecule has 0 spiro atoms. The summed E-state index contributed by atoms with van der Waals surface area (Å²) in [7, 11) is 0. The van der Waals surface area contributed by atoms with Crippen molar-refractivity contribution in [3.8, 4) is 0 Å². The van der Waals surface area contributed by atoms with Crippen LogP contribution in [0.15, 0.2) is 36.4 Å². The molecule has 0 radical (unpaired) electrons. The summed E-state index contributed by atoms with van der Waals surface area (Å²) in [5.74, 6) is 0.309. The average Bonchev–Trinajstić information content (AvgIpc) is 2.43. The molecule has 0 saturated heterocycles. The number of aliphatic hydroxyl groups excluding tert-OH is 1. The third-order valence-electron chi connectivity index (χ3n) is 4.24. The molecule has 0 unspecified atom stereocenters. The molecule has 1 nitrogen and oxygen atoms in total. The van der Waals surface area contributed by atoms with Crippen LogP contribution in [0.1, 0.15) is 48.0 Å². The Bertz CT molecular complexity index is 666. The molecule has 3 rings (SSSR count). The topological polar surface area (TPSA) is 20.2 Å². The number of aliphatic hydroxyl groups is 1. The first kappa shape index (κ1) is 15.2. The third-order valence-corrected chi connectivity index (χ3v) is 5.02. The number of halogens is 3. The second-order valence-electron chi connectivity index (χ2n) is 5.63. The van der Waals surface area contributed by atoms with Gasteiger partial charge in [-0.15, -0.1) is 0 Å². The van der Waals surface area contributed by atoms with Gasteiger partial charge in [-0.3, -0.25) is 0 Å². The fourth-order valence-electron chi connectivity index (χ4n) is 3.19. The molecule has 0 saturated carbocycles. The molecular formula is C17H15Cl3O. The van der Waals surface area contributed by atoms with E-state index in [9.17, 15) is 5.11 Å². The highest BCUT2D eigenvalue weighted by Gasteiger charge is 2.34. The van der Waals surface area contributed by atoms with Crippen molar-refractivity contribution in [2.24, 2.45) is 0 Å². The van der Waals surface area contributed by atoms with E-state index in [2.05, 4.69) is 6.92 Å². The molecule has 0 fully saturated rings. The molecule has 4 heteroatoms. The Morgan fingerprint density at radius 2 is 1.67 bits per heavy atom. The van der Waals surface area contributed by atoms with Crippen LogP contribution in [0, 0.1) is 0 Å². The molecule has 1 N–H and O–H groups in total. The Hall–Kier alpha value is -0.730. The smallest absolute Gasteiger partial charge is 0.0875 e. The van der Waals surface area contributed by atoms with Crippen LogP contribution >= 0.6 is 34.8 Å². The number of fused-ring (bicyclic) bond motifs is 1. The van der Waals surface area contributed by atoms with Gasteiger partial charge in [0.15, 0.2) is 0 Å². The second kappa shape index (κ2) is 5.81. The molecule has 0 amide bonds. The van der Waals surface area contributed by atoms with E-state index < -0.39 is 6.10 Å². The summed E-state index contributed by atoms with van der Waals surface area (Å²) in [4.78, 5) is 0. The van der Waals surface area contributed by atoms with Crippen molar-refractivity contribution in [3.63, 3.8) is 0 Å². The lowest BCUT2D eigenvalue weighted by Gasteiger charge is -2.35. The van der Waals surface area contributed by atoms with Crippen LogP contribution in [0.2, 0.25) is 15.1 Å². The van der Waals surface area contributed by atoms with Crippen molar-refractivity contribution in [2.75, 3.05) is 0 Å². The van der Waals surface area contributed by atoms with Crippen molar-refractivity contribution in [1.29, 1.82) is 0 Å². The van der Waals surface area contributed by atoms with Gasteiger partial charge in [-0.05, 0) is 47.7 Å². The zero-order valence-corrected chi connectivity index (χ0v) is 13.8. The molecule has 3 atom stereocenters. The van der Waals surface area contributed by atoms with E-state index >= 15 is 0 Å². The lowest BCUT2D eigenvalue weighted by molar-refractivity contribution is 0.126. The van der Waals surface area contributed by atoms with E-state index in [4.69, 9.17) is 34.8 Å². The number of benzene rings is 2. The number of rotatable bonds is 1. The Kier molecular flexibility index (Phi) is 4.20. The Morgan fingerprint density at radius 3 is 2.33 bits per heavy atom. The van der Waals surface area contributed by atoms with Gasteiger partial charge in [-0.25, -0.2) is 0 Å². The van der Waals surface area contributed by atoms with Gasteiger partial charge < -0.3 is 5.11 Å². The van der Waals surface area contributed by atoms with Crippen molar-refractivity contribution in [3.05, 3.63) is 68.2 Å². The van der Waals surface area contributed by atoms with Crippen LogP contribution in [0.4, 0.5) is 0 Å². The van der Waals surface area contributed by atoms with Crippen molar-refractivity contribution in [1.82, 2.24) is 0 Å². The fraction of sp³-hybridized carbons (Fsp3) is 0.294. The van der Waals surface area contributed by atoms with E-state index in [1.54, 1.807) is 6.07 Å². The maximum atomic E-state index is 10.8. The van der Waals surface area contributed by atoms with Gasteiger partial charge in [0.25, 0.3) is 0 Å². The lowest BCUT2D eigenvalue weighted by atomic mass is 9.73. The van der Waals surface area contributed by atoms with E-state index in [0.29, 0.717) is 21.0 Å². The van der Waals surface area contributed by atoms with Gasteiger partial charge in [0, 0.05) is 26.5 Å². The summed E-state index contributed by atoms with van der Waals surface area (Å²) in [5.41, 5.74) is 2.93. The molecule has 1 aliphatic carbocycles. The van der Waals surface area contributed by atoms with E-state index in [1.807, 2.05) is 30.3 Å². The summed E-state index contributed by atoms with van der Waals surface area (Å²) < 4.78 is 0. The van der Waals surface area contributed by atoms with Gasteiger partial charge in [-0.1, -0.05) is 53.9 Å². The predicted molar refractivity (Wildman–Crippen MR) is 88.6 cm³/mol. The van der Waals surface area contributed by atoms with Crippen molar-refractivity contribution >= 4 is 34.8 Å². The second-order valence-corrected chi connectivity index (χ2v) is 6.91. The summed E-state index contributed by atoms with van der Waals surface area (Å²) in [6, 6.07) is 11.3. The molecule has 110 valence electrons. The minimum absolute atomic E-state index is 0.0171. The Morgan fingerprint density at radius 1 is 1.00 bits per heavy atom. The van der Waals surface area contributed by atoms with E-state index in [0.717, 1.165) is 23.1 Å². The molecule has 1 aliphatic rings. The van der Waals surface area contributed by atoms with Crippen molar-refractivity contribution < 1.29 is 5.11 Å². The van der Waals surface area contributed by atoms with E-state index in [-0.39, 0.29) is 5.92 Å². The van der Waals surface area contributed by atoms with E-state index in [1.165, 1.54) is 0 Å². The third kappa shape index (κ3) is 2.80. The highest BCUT2D eigenvalue weighted by molar-refractivity contribution is 6.35. The monoisotopic (exact) mass is 340 g/mol. The highest BCUT2D eigenvalue weighted by Crippen LogP contribution is 2.49. The first-order valence-electron chi connectivity index (χ1n) is 6.89. The number of hydrogen-bond acceptors (Lipinski definition) is 1. The molecule has 0 aromatic heterocycles. The largest absolute Gasteiger partial charge is 0.388 e. The molecular weight excluding hydrogens is 327 g/mol. The Labute approximate surface area is 139 Å². The maximum Gasteiger partial charge on any atom is 0.0875 e. The minimum atomic E-state index is -0.623. The minimum Gasteiger partial charge on any atom is -0.388 e. The van der Waals surface area contributed by atoms with Gasteiger partial charge in [-0.2, -0.15) is 0 Å². The van der Waals surface area contributed by atoms with Crippen LogP contribution in [0.5, 0.6) is 0 Å². The summed E-state index contributed by atoms with van der Waals surface area (Å²) >= 11 is 18.3. The van der Waals surface area contributed by atoms with Crippen LogP contribution in [0.3, 0.4) is 0 Å². The molecule has 2 aromatic rings. The van der Waals surface area contributed by atoms with Gasteiger partial charge >= 0.3 is 0 Å². The summed E-state index contributed by atoms with van der Waals surface area (Å²) in [6.07, 6.45) is 0.231. The quantitative estimate of drug-likeness (QED) is 0.677. The van der Waals surface area contributed by atoms with Crippen molar-refractivity contribution in [2.45, 2.75) is 31.3 Å². The highest BCUT2D eigenvalue weighted by atomic mass is 35.5. The van der Waals surface area contributed by atoms with Crippen LogP contribution < -0.4 is 0 Å². The van der Waals surface area contributed by atoms with Gasteiger partial charge in [0.1, 0.15) is 0 Å². The maximum absolute atomic E-state index is 10.8. The normalized spacial score (nSPS) is 24.7. The zero-order chi connectivity index (χ0) is 15.1. The van der Waals surface area contributed by atoms with Crippen LogP contribution in [-0.2, 0) is 0 Å². The average molecular weight is 342 g/mol. The first-order valence-corrected chi connectivity index (χ1v) is 8.03. The predicted octanol–water partition coefficient (Wildman–Crippen LogP) is 5.97. The molecule has 2 aromatic carbocycles. The molecule has 0 heterocycles. The van der Waals surface area contributed by atoms with Gasteiger partial charge in [0.05, 0.1) is 6.10 Å². The SMILES string of the molecule is C[C@@H]1C[C@@H](c2ccc(Cl)cc2)[C@@H](O)c2c(Cl)cc(Cl)cc21. The van der Waals surface area contributed by atoms with Gasteiger partial charge in [0.2, 0.25) is 0 Å². The summed E-state index contributed by atoms with van der Waals surface area (Å²) in [5, 5.41) is 12.6. The molecule has 0 aliphatic heterocycles. The number of hydrogen-bond donors (Lipinski definition) is 1. The lowest BCUT2D eigenvalue weighted by Crippen LogP contribution is -2.21. The van der Waals surface area contributed by atoms with Crippen LogP contribution in [0.25, 0.3) is 0 Å². The molecule has 0 bridgehead atoms.